The van der Waals surface area contributed by atoms with E-state index in [4.69, 9.17) is 4.74 Å². The molecule has 6 heteroatoms. The lowest BCUT2D eigenvalue weighted by Gasteiger charge is -2.05. The second-order valence-corrected chi connectivity index (χ2v) is 5.26. The Kier molecular flexibility index (Phi) is 4.56. The predicted molar refractivity (Wildman–Crippen MR) is 91.7 cm³/mol. The first-order valence-corrected chi connectivity index (χ1v) is 7.68. The predicted octanol–water partition coefficient (Wildman–Crippen LogP) is 3.23. The molecule has 122 valence electrons. The smallest absolute Gasteiger partial charge is 0.295 e. The molecule has 6 nitrogen and oxygen atoms in total. The molecule has 0 bridgehead atoms. The largest absolute Gasteiger partial charge is 0.494 e. The first-order valence-electron chi connectivity index (χ1n) is 7.68. The summed E-state index contributed by atoms with van der Waals surface area (Å²) >= 11 is 0. The van der Waals surface area contributed by atoms with Crippen molar-refractivity contribution in [2.75, 3.05) is 11.9 Å². The van der Waals surface area contributed by atoms with Crippen LogP contribution in [-0.4, -0.2) is 27.3 Å². The number of hydrogen-bond acceptors (Lipinski definition) is 4. The summed E-state index contributed by atoms with van der Waals surface area (Å²) in [6, 6.07) is 15.0. The molecule has 2 aromatic carbocycles. The van der Waals surface area contributed by atoms with Gasteiger partial charge in [0.2, 0.25) is 5.82 Å². The van der Waals surface area contributed by atoms with Gasteiger partial charge in [-0.1, -0.05) is 17.7 Å². The highest BCUT2D eigenvalue weighted by Gasteiger charge is 2.12. The van der Waals surface area contributed by atoms with Crippen molar-refractivity contribution in [1.82, 2.24) is 14.8 Å². The number of amides is 1. The Morgan fingerprint density at radius 1 is 1.12 bits per heavy atom. The van der Waals surface area contributed by atoms with E-state index in [1.165, 1.54) is 6.33 Å². The Balaban J connectivity index is 1.70. The Morgan fingerprint density at radius 3 is 2.50 bits per heavy atom. The summed E-state index contributed by atoms with van der Waals surface area (Å²) in [4.78, 5) is 16.3. The van der Waals surface area contributed by atoms with E-state index in [-0.39, 0.29) is 11.7 Å². The molecular weight excluding hydrogens is 304 g/mol. The Hall–Kier alpha value is -3.15. The van der Waals surface area contributed by atoms with Crippen LogP contribution in [0.2, 0.25) is 0 Å². The van der Waals surface area contributed by atoms with Gasteiger partial charge in [-0.05, 0) is 50.2 Å². The van der Waals surface area contributed by atoms with E-state index in [0.29, 0.717) is 12.3 Å². The third-order valence-corrected chi connectivity index (χ3v) is 3.42. The second-order valence-electron chi connectivity index (χ2n) is 5.26. The Morgan fingerprint density at radius 2 is 1.83 bits per heavy atom. The van der Waals surface area contributed by atoms with E-state index in [1.807, 2.05) is 38.1 Å². The van der Waals surface area contributed by atoms with Crippen LogP contribution in [0.25, 0.3) is 5.69 Å². The van der Waals surface area contributed by atoms with Crippen molar-refractivity contribution in [2.24, 2.45) is 0 Å². The molecule has 0 fully saturated rings. The first kappa shape index (κ1) is 15.7. The van der Waals surface area contributed by atoms with E-state index in [2.05, 4.69) is 15.4 Å². The van der Waals surface area contributed by atoms with Crippen molar-refractivity contribution in [3.63, 3.8) is 0 Å². The zero-order valence-corrected chi connectivity index (χ0v) is 13.6. The minimum Gasteiger partial charge on any atom is -0.494 e. The van der Waals surface area contributed by atoms with Crippen LogP contribution in [0.4, 0.5) is 5.69 Å². The first-order chi connectivity index (χ1) is 11.7. The van der Waals surface area contributed by atoms with Gasteiger partial charge in [0.25, 0.3) is 5.91 Å². The lowest BCUT2D eigenvalue weighted by molar-refractivity contribution is 0.101. The number of aromatic nitrogens is 3. The van der Waals surface area contributed by atoms with E-state index >= 15 is 0 Å². The van der Waals surface area contributed by atoms with Crippen molar-refractivity contribution in [1.29, 1.82) is 0 Å². The van der Waals surface area contributed by atoms with Gasteiger partial charge in [0.05, 0.1) is 12.3 Å². The molecule has 1 N–H and O–H groups in total. The van der Waals surface area contributed by atoms with Gasteiger partial charge in [0, 0.05) is 5.69 Å². The highest BCUT2D eigenvalue weighted by Crippen LogP contribution is 2.16. The molecule has 24 heavy (non-hydrogen) atoms. The minimum atomic E-state index is -0.356. The fraction of sp³-hybridized carbons (Fsp3) is 0.167. The standard InChI is InChI=1S/C18H18N4O2/c1-3-24-16-10-6-14(7-11-16)20-18(23)17-19-12-22(21-17)15-8-4-13(2)5-9-15/h4-12H,3H2,1-2H3,(H,20,23). The number of aryl methyl sites for hydroxylation is 1. The number of rotatable bonds is 5. The van der Waals surface area contributed by atoms with Crippen LogP contribution >= 0.6 is 0 Å². The molecule has 0 aliphatic rings. The lowest BCUT2D eigenvalue weighted by atomic mass is 10.2. The molecule has 1 aromatic heterocycles. The van der Waals surface area contributed by atoms with Crippen molar-refractivity contribution in [3.05, 3.63) is 66.2 Å². The Bertz CT molecular complexity index is 823. The summed E-state index contributed by atoms with van der Waals surface area (Å²) in [7, 11) is 0. The zero-order chi connectivity index (χ0) is 16.9. The molecule has 0 saturated carbocycles. The molecule has 0 aliphatic heterocycles. The van der Waals surface area contributed by atoms with Gasteiger partial charge in [-0.3, -0.25) is 4.79 Å². The van der Waals surface area contributed by atoms with E-state index < -0.39 is 0 Å². The van der Waals surface area contributed by atoms with E-state index in [1.54, 1.807) is 28.9 Å². The summed E-state index contributed by atoms with van der Waals surface area (Å²) < 4.78 is 6.95. The van der Waals surface area contributed by atoms with Crippen LogP contribution in [-0.2, 0) is 0 Å². The molecule has 0 unspecified atom stereocenters. The summed E-state index contributed by atoms with van der Waals surface area (Å²) in [5.74, 6) is 0.520. The number of carbonyl (C=O) groups excluding carboxylic acids is 1. The topological polar surface area (TPSA) is 69.0 Å². The quantitative estimate of drug-likeness (QED) is 0.783. The van der Waals surface area contributed by atoms with Crippen LogP contribution in [0.1, 0.15) is 23.1 Å². The molecule has 0 radical (unpaired) electrons. The number of carbonyl (C=O) groups is 1. The SMILES string of the molecule is CCOc1ccc(NC(=O)c2ncn(-c3ccc(C)cc3)n2)cc1. The summed E-state index contributed by atoms with van der Waals surface area (Å²) in [5.41, 5.74) is 2.68. The molecule has 0 atom stereocenters. The highest BCUT2D eigenvalue weighted by molar-refractivity contribution is 6.01. The number of benzene rings is 2. The third kappa shape index (κ3) is 3.60. The van der Waals surface area contributed by atoms with Crippen LogP contribution in [0.3, 0.4) is 0 Å². The lowest BCUT2D eigenvalue weighted by Crippen LogP contribution is -2.14. The molecule has 0 spiro atoms. The average Bonchev–Trinajstić information content (AvgIpc) is 3.08. The monoisotopic (exact) mass is 322 g/mol. The number of hydrogen-bond donors (Lipinski definition) is 1. The van der Waals surface area contributed by atoms with Crippen LogP contribution in [0.5, 0.6) is 5.75 Å². The van der Waals surface area contributed by atoms with Crippen LogP contribution in [0.15, 0.2) is 54.9 Å². The van der Waals surface area contributed by atoms with Crippen molar-refractivity contribution in [2.45, 2.75) is 13.8 Å². The molecule has 3 rings (SSSR count). The fourth-order valence-electron chi connectivity index (χ4n) is 2.18. The van der Waals surface area contributed by atoms with Crippen molar-refractivity contribution < 1.29 is 9.53 Å². The second kappa shape index (κ2) is 6.95. The van der Waals surface area contributed by atoms with Crippen molar-refractivity contribution >= 4 is 11.6 Å². The van der Waals surface area contributed by atoms with Gasteiger partial charge in [-0.25, -0.2) is 9.67 Å². The summed E-state index contributed by atoms with van der Waals surface area (Å²) in [6.45, 7) is 4.54. The van der Waals surface area contributed by atoms with Crippen LogP contribution < -0.4 is 10.1 Å². The summed E-state index contributed by atoms with van der Waals surface area (Å²) in [6.07, 6.45) is 1.53. The van der Waals surface area contributed by atoms with E-state index in [0.717, 1.165) is 17.0 Å². The summed E-state index contributed by atoms with van der Waals surface area (Å²) in [5, 5.41) is 6.99. The number of nitrogens with zero attached hydrogens (tertiary/aromatic N) is 3. The minimum absolute atomic E-state index is 0.115. The maximum atomic E-state index is 12.2. The molecule has 1 amide bonds. The van der Waals surface area contributed by atoms with Crippen molar-refractivity contribution in [3.8, 4) is 11.4 Å². The van der Waals surface area contributed by atoms with Gasteiger partial charge in [-0.15, -0.1) is 5.10 Å². The molecule has 1 heterocycles. The average molecular weight is 322 g/mol. The maximum Gasteiger partial charge on any atom is 0.295 e. The molecule has 3 aromatic rings. The molecular formula is C18H18N4O2. The Labute approximate surface area is 140 Å². The van der Waals surface area contributed by atoms with Gasteiger partial charge in [-0.2, -0.15) is 0 Å². The van der Waals surface area contributed by atoms with Gasteiger partial charge in [0.15, 0.2) is 0 Å². The third-order valence-electron chi connectivity index (χ3n) is 3.42. The maximum absolute atomic E-state index is 12.2. The normalized spacial score (nSPS) is 10.4. The van der Waals surface area contributed by atoms with Gasteiger partial charge >= 0.3 is 0 Å². The number of ether oxygens (including phenoxy) is 1. The zero-order valence-electron chi connectivity index (χ0n) is 13.6. The molecule has 0 aliphatic carbocycles. The van der Waals surface area contributed by atoms with E-state index in [9.17, 15) is 4.79 Å². The highest BCUT2D eigenvalue weighted by atomic mass is 16.5. The van der Waals surface area contributed by atoms with Crippen LogP contribution in [0, 0.1) is 6.92 Å². The van der Waals surface area contributed by atoms with Gasteiger partial charge < -0.3 is 10.1 Å². The number of anilines is 1. The number of nitrogens with one attached hydrogen (secondary N) is 1. The fourth-order valence-corrected chi connectivity index (χ4v) is 2.18. The van der Waals surface area contributed by atoms with Gasteiger partial charge in [0.1, 0.15) is 12.1 Å². The molecule has 0 saturated heterocycles.